The number of ether oxygens (including phenoxy) is 1. The minimum Gasteiger partial charge on any atom is -0.460 e. The van der Waals surface area contributed by atoms with Gasteiger partial charge in [0.15, 0.2) is 0 Å². The zero-order valence-corrected chi connectivity index (χ0v) is 13.8. The number of nitrogen functional groups attached to an aromatic ring is 1. The lowest BCUT2D eigenvalue weighted by molar-refractivity contribution is 0.142. The van der Waals surface area contributed by atoms with Crippen molar-refractivity contribution < 1.29 is 9.13 Å². The Balaban J connectivity index is 1.76. The Morgan fingerprint density at radius 1 is 1.00 bits per heavy atom. The molecule has 0 spiro atoms. The standard InChI is InChI=1S/C19H19FN4O/c20-13-8-6-12(7-9-13)15-10-22-18(21)16-11-23-19(24-17(15)16)25-14-4-2-1-3-5-14/h6-11,14H,1-5H2,(H2,21,22). The van der Waals surface area contributed by atoms with Crippen LogP contribution in [-0.4, -0.2) is 21.1 Å². The second-order valence-electron chi connectivity index (χ2n) is 6.36. The number of pyridine rings is 1. The molecular weight excluding hydrogens is 319 g/mol. The Labute approximate surface area is 145 Å². The predicted octanol–water partition coefficient (Wildman–Crippen LogP) is 4.12. The second kappa shape index (κ2) is 6.63. The Morgan fingerprint density at radius 2 is 1.76 bits per heavy atom. The van der Waals surface area contributed by atoms with Crippen LogP contribution in [0.3, 0.4) is 0 Å². The highest BCUT2D eigenvalue weighted by molar-refractivity contribution is 5.98. The van der Waals surface area contributed by atoms with Gasteiger partial charge in [-0.1, -0.05) is 18.6 Å². The van der Waals surface area contributed by atoms with Crippen molar-refractivity contribution in [2.24, 2.45) is 0 Å². The van der Waals surface area contributed by atoms with E-state index >= 15 is 0 Å². The summed E-state index contributed by atoms with van der Waals surface area (Å²) < 4.78 is 19.2. The average molecular weight is 338 g/mol. The maximum atomic E-state index is 13.2. The summed E-state index contributed by atoms with van der Waals surface area (Å²) in [5.74, 6) is 0.0810. The first kappa shape index (κ1) is 15.7. The summed E-state index contributed by atoms with van der Waals surface area (Å²) in [7, 11) is 0. The van der Waals surface area contributed by atoms with Crippen LogP contribution in [0, 0.1) is 5.82 Å². The van der Waals surface area contributed by atoms with E-state index in [-0.39, 0.29) is 11.9 Å². The summed E-state index contributed by atoms with van der Waals surface area (Å²) in [6.45, 7) is 0. The van der Waals surface area contributed by atoms with Crippen LogP contribution >= 0.6 is 0 Å². The Morgan fingerprint density at radius 3 is 2.52 bits per heavy atom. The summed E-state index contributed by atoms with van der Waals surface area (Å²) >= 11 is 0. The van der Waals surface area contributed by atoms with Crippen molar-refractivity contribution in [3.8, 4) is 17.1 Å². The van der Waals surface area contributed by atoms with Crippen LogP contribution in [0.25, 0.3) is 22.0 Å². The van der Waals surface area contributed by atoms with Gasteiger partial charge in [0.05, 0.1) is 10.9 Å². The number of nitrogens with zero attached hydrogens (tertiary/aromatic N) is 3. The molecule has 0 saturated heterocycles. The zero-order chi connectivity index (χ0) is 17.2. The normalized spacial score (nSPS) is 15.4. The number of halogens is 1. The fourth-order valence-corrected chi connectivity index (χ4v) is 3.25. The lowest BCUT2D eigenvalue weighted by Crippen LogP contribution is -2.20. The van der Waals surface area contributed by atoms with Gasteiger partial charge in [-0.05, 0) is 43.4 Å². The number of aromatic nitrogens is 3. The number of rotatable bonds is 3. The predicted molar refractivity (Wildman–Crippen MR) is 94.6 cm³/mol. The van der Waals surface area contributed by atoms with Crippen LogP contribution in [0.2, 0.25) is 0 Å². The fourth-order valence-electron chi connectivity index (χ4n) is 3.25. The van der Waals surface area contributed by atoms with Gasteiger partial charge in [-0.2, -0.15) is 4.98 Å². The van der Waals surface area contributed by atoms with Gasteiger partial charge in [0.25, 0.3) is 0 Å². The fraction of sp³-hybridized carbons (Fsp3) is 0.316. The van der Waals surface area contributed by atoms with Crippen LogP contribution in [0.5, 0.6) is 6.01 Å². The quantitative estimate of drug-likeness (QED) is 0.777. The minimum atomic E-state index is -0.285. The van der Waals surface area contributed by atoms with Gasteiger partial charge < -0.3 is 10.5 Å². The number of anilines is 1. The van der Waals surface area contributed by atoms with Crippen molar-refractivity contribution in [3.05, 3.63) is 42.5 Å². The molecule has 0 radical (unpaired) electrons. The molecular formula is C19H19FN4O. The van der Waals surface area contributed by atoms with Crippen molar-refractivity contribution >= 4 is 16.7 Å². The highest BCUT2D eigenvalue weighted by Gasteiger charge is 2.17. The highest BCUT2D eigenvalue weighted by Crippen LogP contribution is 2.30. The summed E-state index contributed by atoms with van der Waals surface area (Å²) in [4.78, 5) is 13.1. The molecule has 2 aromatic heterocycles. The van der Waals surface area contributed by atoms with Gasteiger partial charge in [0.2, 0.25) is 0 Å². The summed E-state index contributed by atoms with van der Waals surface area (Å²) in [6.07, 6.45) is 9.15. The second-order valence-corrected chi connectivity index (χ2v) is 6.36. The topological polar surface area (TPSA) is 73.9 Å². The van der Waals surface area contributed by atoms with E-state index in [0.717, 1.165) is 24.0 Å². The molecule has 0 bridgehead atoms. The van der Waals surface area contributed by atoms with E-state index < -0.39 is 0 Å². The average Bonchev–Trinajstić information content (AvgIpc) is 2.64. The summed E-state index contributed by atoms with van der Waals surface area (Å²) in [5, 5.41) is 0.665. The van der Waals surface area contributed by atoms with E-state index in [4.69, 9.17) is 10.5 Å². The Hall–Kier alpha value is -2.76. The van der Waals surface area contributed by atoms with Crippen LogP contribution < -0.4 is 10.5 Å². The van der Waals surface area contributed by atoms with Crippen molar-refractivity contribution in [2.45, 2.75) is 38.2 Å². The monoisotopic (exact) mass is 338 g/mol. The van der Waals surface area contributed by atoms with Crippen molar-refractivity contribution in [1.82, 2.24) is 15.0 Å². The Bertz CT molecular complexity index is 892. The molecule has 2 N–H and O–H groups in total. The van der Waals surface area contributed by atoms with Gasteiger partial charge >= 0.3 is 6.01 Å². The first-order chi connectivity index (χ1) is 12.2. The zero-order valence-electron chi connectivity index (χ0n) is 13.8. The molecule has 128 valence electrons. The number of fused-ring (bicyclic) bond motifs is 1. The van der Waals surface area contributed by atoms with E-state index in [1.807, 2.05) is 0 Å². The molecule has 0 amide bonds. The maximum absolute atomic E-state index is 13.2. The molecule has 0 unspecified atom stereocenters. The van der Waals surface area contributed by atoms with Gasteiger partial charge in [-0.15, -0.1) is 0 Å². The number of benzene rings is 1. The SMILES string of the molecule is Nc1ncc(-c2ccc(F)cc2)c2nc(OC3CCCCC3)ncc12. The van der Waals surface area contributed by atoms with E-state index in [1.165, 1.54) is 31.4 Å². The van der Waals surface area contributed by atoms with E-state index in [2.05, 4.69) is 15.0 Å². The molecule has 4 rings (SSSR count). The molecule has 25 heavy (non-hydrogen) atoms. The molecule has 0 atom stereocenters. The molecule has 1 aliphatic rings. The number of hydrogen-bond donors (Lipinski definition) is 1. The van der Waals surface area contributed by atoms with E-state index in [9.17, 15) is 4.39 Å². The molecule has 0 aliphatic heterocycles. The number of hydrogen-bond acceptors (Lipinski definition) is 5. The number of nitrogens with two attached hydrogens (primary N) is 1. The Kier molecular flexibility index (Phi) is 4.17. The first-order valence-electron chi connectivity index (χ1n) is 8.54. The summed E-state index contributed by atoms with van der Waals surface area (Å²) in [5.41, 5.74) is 8.23. The van der Waals surface area contributed by atoms with E-state index in [0.29, 0.717) is 22.7 Å². The molecule has 1 aliphatic carbocycles. The van der Waals surface area contributed by atoms with Gasteiger partial charge in [-0.3, -0.25) is 0 Å². The lowest BCUT2D eigenvalue weighted by atomic mass is 9.98. The molecule has 2 heterocycles. The molecule has 6 heteroatoms. The molecule has 3 aromatic rings. The van der Waals surface area contributed by atoms with Crippen LogP contribution in [0.15, 0.2) is 36.7 Å². The first-order valence-corrected chi connectivity index (χ1v) is 8.54. The highest BCUT2D eigenvalue weighted by atomic mass is 19.1. The molecule has 5 nitrogen and oxygen atoms in total. The maximum Gasteiger partial charge on any atom is 0.317 e. The largest absolute Gasteiger partial charge is 0.460 e. The van der Waals surface area contributed by atoms with Crippen LogP contribution in [-0.2, 0) is 0 Å². The van der Waals surface area contributed by atoms with Gasteiger partial charge in [0, 0.05) is 18.0 Å². The van der Waals surface area contributed by atoms with E-state index in [1.54, 1.807) is 24.5 Å². The van der Waals surface area contributed by atoms with Crippen molar-refractivity contribution in [3.63, 3.8) is 0 Å². The molecule has 1 saturated carbocycles. The molecule has 1 aromatic carbocycles. The van der Waals surface area contributed by atoms with Gasteiger partial charge in [0.1, 0.15) is 17.7 Å². The minimum absolute atomic E-state index is 0.166. The third-order valence-corrected chi connectivity index (χ3v) is 4.61. The van der Waals surface area contributed by atoms with Crippen molar-refractivity contribution in [1.29, 1.82) is 0 Å². The van der Waals surface area contributed by atoms with Crippen LogP contribution in [0.1, 0.15) is 32.1 Å². The van der Waals surface area contributed by atoms with Crippen molar-refractivity contribution in [2.75, 3.05) is 5.73 Å². The summed E-state index contributed by atoms with van der Waals surface area (Å²) in [6, 6.07) is 6.58. The lowest BCUT2D eigenvalue weighted by Gasteiger charge is -2.21. The smallest absolute Gasteiger partial charge is 0.317 e. The molecule has 1 fully saturated rings. The van der Waals surface area contributed by atoms with Crippen LogP contribution in [0.4, 0.5) is 10.2 Å². The third kappa shape index (κ3) is 3.24. The van der Waals surface area contributed by atoms with Gasteiger partial charge in [-0.25, -0.2) is 14.4 Å². The third-order valence-electron chi connectivity index (χ3n) is 4.61.